The first-order chi connectivity index (χ1) is 6.63. The number of rotatable bonds is 2. The third-order valence-corrected chi connectivity index (χ3v) is 2.55. The van der Waals surface area contributed by atoms with E-state index in [4.69, 9.17) is 14.7 Å². The molecule has 1 aliphatic rings. The van der Waals surface area contributed by atoms with Crippen LogP contribution in [-0.4, -0.2) is 25.3 Å². The Morgan fingerprint density at radius 3 is 2.93 bits per heavy atom. The number of nitriles is 1. The number of hydrogen-bond donors (Lipinski definition) is 0. The zero-order chi connectivity index (χ0) is 10.6. The van der Waals surface area contributed by atoms with Gasteiger partial charge in [-0.2, -0.15) is 5.26 Å². The van der Waals surface area contributed by atoms with Crippen molar-refractivity contribution < 1.29 is 14.3 Å². The molecule has 14 heavy (non-hydrogen) atoms. The molecular formula is C10H15NO3. The summed E-state index contributed by atoms with van der Waals surface area (Å²) in [6.07, 6.45) is 0.432. The SMILES string of the molecule is CC(=O)OC[C@@H]1COC(C#N)C[C@@H]1C. The van der Waals surface area contributed by atoms with Gasteiger partial charge >= 0.3 is 5.97 Å². The van der Waals surface area contributed by atoms with Crippen molar-refractivity contribution in [1.29, 1.82) is 5.26 Å². The van der Waals surface area contributed by atoms with Crippen LogP contribution in [-0.2, 0) is 14.3 Å². The van der Waals surface area contributed by atoms with Gasteiger partial charge in [0, 0.05) is 12.8 Å². The highest BCUT2D eigenvalue weighted by atomic mass is 16.5. The molecule has 1 rings (SSSR count). The zero-order valence-corrected chi connectivity index (χ0v) is 8.53. The molecule has 0 N–H and O–H groups in total. The molecule has 1 aliphatic heterocycles. The van der Waals surface area contributed by atoms with Crippen LogP contribution in [0.15, 0.2) is 0 Å². The van der Waals surface area contributed by atoms with Crippen LogP contribution in [0.2, 0.25) is 0 Å². The highest BCUT2D eigenvalue weighted by Gasteiger charge is 2.28. The van der Waals surface area contributed by atoms with Gasteiger partial charge in [-0.05, 0) is 12.3 Å². The van der Waals surface area contributed by atoms with Crippen molar-refractivity contribution in [2.45, 2.75) is 26.4 Å². The summed E-state index contributed by atoms with van der Waals surface area (Å²) in [5.41, 5.74) is 0. The zero-order valence-electron chi connectivity index (χ0n) is 8.53. The van der Waals surface area contributed by atoms with Gasteiger partial charge in [0.1, 0.15) is 6.10 Å². The average molecular weight is 197 g/mol. The first-order valence-electron chi connectivity index (χ1n) is 4.78. The summed E-state index contributed by atoms with van der Waals surface area (Å²) in [7, 11) is 0. The predicted molar refractivity (Wildman–Crippen MR) is 49.3 cm³/mol. The van der Waals surface area contributed by atoms with Gasteiger partial charge < -0.3 is 9.47 Å². The molecule has 0 spiro atoms. The second-order valence-electron chi connectivity index (χ2n) is 3.73. The molecule has 0 bridgehead atoms. The van der Waals surface area contributed by atoms with Crippen LogP contribution in [0.4, 0.5) is 0 Å². The maximum Gasteiger partial charge on any atom is 0.302 e. The fourth-order valence-electron chi connectivity index (χ4n) is 1.53. The summed E-state index contributed by atoms with van der Waals surface area (Å²) in [6, 6.07) is 2.09. The van der Waals surface area contributed by atoms with Gasteiger partial charge in [-0.1, -0.05) is 6.92 Å². The normalized spacial score (nSPS) is 31.9. The number of hydrogen-bond acceptors (Lipinski definition) is 4. The van der Waals surface area contributed by atoms with E-state index in [9.17, 15) is 4.79 Å². The van der Waals surface area contributed by atoms with Crippen LogP contribution >= 0.6 is 0 Å². The average Bonchev–Trinajstić information content (AvgIpc) is 2.15. The number of esters is 1. The van der Waals surface area contributed by atoms with Crippen molar-refractivity contribution in [1.82, 2.24) is 0 Å². The highest BCUT2D eigenvalue weighted by molar-refractivity contribution is 5.65. The van der Waals surface area contributed by atoms with E-state index in [2.05, 4.69) is 13.0 Å². The number of nitrogens with zero attached hydrogens (tertiary/aromatic N) is 1. The minimum Gasteiger partial charge on any atom is -0.465 e. The molecule has 0 radical (unpaired) electrons. The largest absolute Gasteiger partial charge is 0.465 e. The molecule has 1 unspecified atom stereocenters. The Hall–Kier alpha value is -1.08. The van der Waals surface area contributed by atoms with Crippen LogP contribution < -0.4 is 0 Å². The number of ether oxygens (including phenoxy) is 2. The minimum atomic E-state index is -0.293. The van der Waals surface area contributed by atoms with Gasteiger partial charge in [0.05, 0.1) is 19.3 Å². The lowest BCUT2D eigenvalue weighted by Crippen LogP contribution is -2.34. The van der Waals surface area contributed by atoms with Crippen LogP contribution in [0, 0.1) is 23.2 Å². The smallest absolute Gasteiger partial charge is 0.302 e. The first kappa shape index (κ1) is 11.0. The van der Waals surface area contributed by atoms with E-state index in [0.29, 0.717) is 19.1 Å². The fourth-order valence-corrected chi connectivity index (χ4v) is 1.53. The Labute approximate surface area is 83.8 Å². The molecule has 0 amide bonds. The van der Waals surface area contributed by atoms with Gasteiger partial charge in [0.25, 0.3) is 0 Å². The number of carbonyl (C=O) groups excluding carboxylic acids is 1. The molecular weight excluding hydrogens is 182 g/mol. The molecule has 0 aromatic heterocycles. The van der Waals surface area contributed by atoms with E-state index in [0.717, 1.165) is 6.42 Å². The molecule has 0 saturated carbocycles. The van der Waals surface area contributed by atoms with Crippen molar-refractivity contribution in [2.75, 3.05) is 13.2 Å². The van der Waals surface area contributed by atoms with Crippen LogP contribution in [0.1, 0.15) is 20.3 Å². The van der Waals surface area contributed by atoms with Crippen LogP contribution in [0.5, 0.6) is 0 Å². The predicted octanol–water partition coefficient (Wildman–Crippen LogP) is 1.11. The third-order valence-electron chi connectivity index (χ3n) is 2.55. The molecule has 1 fully saturated rings. The van der Waals surface area contributed by atoms with Gasteiger partial charge in [-0.3, -0.25) is 4.79 Å². The van der Waals surface area contributed by atoms with E-state index in [-0.39, 0.29) is 18.0 Å². The van der Waals surface area contributed by atoms with Crippen molar-refractivity contribution in [3.05, 3.63) is 0 Å². The van der Waals surface area contributed by atoms with Crippen molar-refractivity contribution in [3.63, 3.8) is 0 Å². The van der Waals surface area contributed by atoms with Gasteiger partial charge in [0.15, 0.2) is 0 Å². The Kier molecular flexibility index (Phi) is 3.90. The second kappa shape index (κ2) is 4.97. The maximum absolute atomic E-state index is 10.6. The van der Waals surface area contributed by atoms with Gasteiger partial charge in [-0.25, -0.2) is 0 Å². The van der Waals surface area contributed by atoms with Crippen molar-refractivity contribution in [3.8, 4) is 6.07 Å². The van der Waals surface area contributed by atoms with Crippen molar-refractivity contribution in [2.24, 2.45) is 11.8 Å². The third kappa shape index (κ3) is 3.00. The molecule has 3 atom stereocenters. The molecule has 4 nitrogen and oxygen atoms in total. The Morgan fingerprint density at radius 1 is 1.71 bits per heavy atom. The molecule has 0 aromatic rings. The molecule has 0 aromatic carbocycles. The maximum atomic E-state index is 10.6. The molecule has 1 heterocycles. The van der Waals surface area contributed by atoms with Crippen LogP contribution in [0.3, 0.4) is 0 Å². The first-order valence-corrected chi connectivity index (χ1v) is 4.78. The topological polar surface area (TPSA) is 59.3 Å². The summed E-state index contributed by atoms with van der Waals surface area (Å²) in [5, 5.41) is 8.65. The highest BCUT2D eigenvalue weighted by Crippen LogP contribution is 2.25. The Bertz CT molecular complexity index is 246. The standard InChI is InChI=1S/C10H15NO3/c1-7-3-10(4-11)14-6-9(7)5-13-8(2)12/h7,9-10H,3,5-6H2,1-2H3/t7-,9+,10?/m0/s1. The van der Waals surface area contributed by atoms with Crippen LogP contribution in [0.25, 0.3) is 0 Å². The Morgan fingerprint density at radius 2 is 2.43 bits per heavy atom. The Balaban J connectivity index is 2.35. The monoisotopic (exact) mass is 197 g/mol. The summed E-state index contributed by atoms with van der Waals surface area (Å²) < 4.78 is 10.2. The molecule has 4 heteroatoms. The molecule has 0 aliphatic carbocycles. The van der Waals surface area contributed by atoms with E-state index in [1.165, 1.54) is 6.92 Å². The molecule has 78 valence electrons. The molecule has 1 saturated heterocycles. The number of carbonyl (C=O) groups is 1. The van der Waals surface area contributed by atoms with Gasteiger partial charge in [0.2, 0.25) is 0 Å². The summed E-state index contributed by atoms with van der Waals surface area (Å²) in [4.78, 5) is 10.6. The minimum absolute atomic E-state index is 0.225. The van der Waals surface area contributed by atoms with E-state index < -0.39 is 0 Å². The summed E-state index contributed by atoms with van der Waals surface area (Å²) >= 11 is 0. The summed E-state index contributed by atoms with van der Waals surface area (Å²) in [5.74, 6) is 0.329. The van der Waals surface area contributed by atoms with Crippen molar-refractivity contribution >= 4 is 5.97 Å². The summed E-state index contributed by atoms with van der Waals surface area (Å²) in [6.45, 7) is 4.36. The second-order valence-corrected chi connectivity index (χ2v) is 3.73. The lowest BCUT2D eigenvalue weighted by atomic mass is 9.88. The lowest BCUT2D eigenvalue weighted by Gasteiger charge is -2.30. The van der Waals surface area contributed by atoms with E-state index >= 15 is 0 Å². The van der Waals surface area contributed by atoms with E-state index in [1.807, 2.05) is 0 Å². The lowest BCUT2D eigenvalue weighted by molar-refractivity contribution is -0.145. The van der Waals surface area contributed by atoms with Gasteiger partial charge in [-0.15, -0.1) is 0 Å². The quantitative estimate of drug-likeness (QED) is 0.622. The fraction of sp³-hybridized carbons (Fsp3) is 0.800. The van der Waals surface area contributed by atoms with E-state index in [1.54, 1.807) is 0 Å².